The van der Waals surface area contributed by atoms with E-state index >= 15 is 0 Å². The molecule has 5 aliphatic carbocycles. The van der Waals surface area contributed by atoms with E-state index in [1.165, 1.54) is 5.57 Å². The predicted octanol–water partition coefficient (Wildman–Crippen LogP) is 4.18. The van der Waals surface area contributed by atoms with Gasteiger partial charge >= 0.3 is 5.97 Å². The first-order chi connectivity index (χ1) is 19.9. The molecule has 3 aliphatic heterocycles. The van der Waals surface area contributed by atoms with Crippen LogP contribution >= 0.6 is 0 Å². The van der Waals surface area contributed by atoms with Gasteiger partial charge in [0.25, 0.3) is 0 Å². The Labute approximate surface area is 255 Å². The minimum atomic E-state index is -1.29. The number of ether oxygens (including phenoxy) is 3. The van der Waals surface area contributed by atoms with E-state index in [0.717, 1.165) is 50.5 Å². The zero-order chi connectivity index (χ0) is 31.2. The van der Waals surface area contributed by atoms with Gasteiger partial charge in [0.2, 0.25) is 0 Å². The molecule has 3 saturated heterocycles. The van der Waals surface area contributed by atoms with Crippen molar-refractivity contribution in [3.05, 3.63) is 23.3 Å². The molecule has 13 unspecified atom stereocenters. The molecule has 4 N–H and O–H groups in total. The summed E-state index contributed by atoms with van der Waals surface area (Å²) in [5.74, 6) is 0.514. The summed E-state index contributed by atoms with van der Waals surface area (Å²) >= 11 is 0. The van der Waals surface area contributed by atoms with Crippen molar-refractivity contribution in [2.75, 3.05) is 6.61 Å². The van der Waals surface area contributed by atoms with Gasteiger partial charge in [-0.15, -0.1) is 0 Å². The van der Waals surface area contributed by atoms with Crippen LogP contribution < -0.4 is 0 Å². The summed E-state index contributed by atoms with van der Waals surface area (Å²) in [5.41, 5.74) is -1.20. The van der Waals surface area contributed by atoms with Gasteiger partial charge in [0, 0.05) is 0 Å². The Bertz CT molecular complexity index is 1290. The molecule has 0 radical (unpaired) electrons. The third-order valence-electron chi connectivity index (χ3n) is 14.9. The molecular weight excluding hydrogens is 548 g/mol. The van der Waals surface area contributed by atoms with Crippen molar-refractivity contribution in [1.82, 2.24) is 0 Å². The number of hydrogen-bond acceptors (Lipinski definition) is 8. The van der Waals surface area contributed by atoms with Crippen LogP contribution in [0.4, 0.5) is 0 Å². The number of allylic oxidation sites excluding steroid dienone is 3. The fourth-order valence-electron chi connectivity index (χ4n) is 11.8. The molecule has 8 heteroatoms. The Morgan fingerprint density at radius 1 is 0.884 bits per heavy atom. The van der Waals surface area contributed by atoms with Gasteiger partial charge in [0.15, 0.2) is 6.29 Å². The summed E-state index contributed by atoms with van der Waals surface area (Å²) in [4.78, 5) is 13.5. The molecule has 43 heavy (non-hydrogen) atoms. The molecule has 0 aromatic rings. The molecule has 8 aliphatic rings. The number of carbonyl (C=O) groups excluding carboxylic acids is 1. The first-order valence-corrected chi connectivity index (χ1v) is 16.6. The highest BCUT2D eigenvalue weighted by atomic mass is 16.7. The van der Waals surface area contributed by atoms with Gasteiger partial charge in [-0.2, -0.15) is 0 Å². The van der Waals surface area contributed by atoms with Gasteiger partial charge in [0.05, 0.1) is 18.1 Å². The minimum Gasteiger partial charge on any atom is -0.455 e. The van der Waals surface area contributed by atoms with Crippen LogP contribution in [-0.2, 0) is 19.0 Å². The maximum Gasteiger partial charge on any atom is 0.317 e. The normalized spacial score (nSPS) is 56.9. The number of carbonyl (C=O) groups is 1. The van der Waals surface area contributed by atoms with Crippen molar-refractivity contribution in [3.63, 3.8) is 0 Å². The van der Waals surface area contributed by atoms with Gasteiger partial charge in [-0.25, -0.2) is 0 Å². The molecule has 6 fully saturated rings. The monoisotopic (exact) mass is 600 g/mol. The summed E-state index contributed by atoms with van der Waals surface area (Å²) < 4.78 is 18.1. The lowest BCUT2D eigenvalue weighted by atomic mass is 9.35. The SMILES string of the molecule is CC1(C)C(OC2OCC(O)C(O)C2O)CCC2(C)C1CCC1(C)C2C=CC2=C3C4(CCC(C)(OC4=O)C3(C)O)CCC21C. The van der Waals surface area contributed by atoms with E-state index in [4.69, 9.17) is 14.2 Å². The van der Waals surface area contributed by atoms with Gasteiger partial charge in [0.1, 0.15) is 29.5 Å². The summed E-state index contributed by atoms with van der Waals surface area (Å²) in [6.45, 7) is 15.6. The fourth-order valence-corrected chi connectivity index (χ4v) is 11.8. The Balaban J connectivity index is 1.25. The van der Waals surface area contributed by atoms with Crippen LogP contribution in [0, 0.1) is 38.9 Å². The Hall–Kier alpha value is -1.29. The molecule has 8 nitrogen and oxygen atoms in total. The standard InChI is InChI=1S/C35H52O8/c1-29(2)21-10-13-32(5)22(30(21,3)12-11-23(29)42-27-25(38)24(37)20(36)18-41-27)9-8-19-26-34(7,40)33(6)15-17-35(26,28(39)43-33)16-14-31(19,32)4/h8-9,20-25,27,36-38,40H,10-18H2,1-7H3. The van der Waals surface area contributed by atoms with Gasteiger partial charge < -0.3 is 34.6 Å². The van der Waals surface area contributed by atoms with E-state index in [-0.39, 0.29) is 40.3 Å². The molecule has 0 amide bonds. The molecule has 3 heterocycles. The predicted molar refractivity (Wildman–Crippen MR) is 158 cm³/mol. The lowest BCUT2D eigenvalue weighted by Gasteiger charge is -2.71. The van der Waals surface area contributed by atoms with Gasteiger partial charge in [-0.05, 0) is 110 Å². The quantitative estimate of drug-likeness (QED) is 0.275. The zero-order valence-corrected chi connectivity index (χ0v) is 27.0. The molecule has 240 valence electrons. The van der Waals surface area contributed by atoms with E-state index < -0.39 is 41.2 Å². The fraction of sp³-hybridized carbons (Fsp3) is 0.857. The molecular formula is C35H52O8. The van der Waals surface area contributed by atoms with E-state index in [2.05, 4.69) is 46.8 Å². The first-order valence-electron chi connectivity index (χ1n) is 16.6. The van der Waals surface area contributed by atoms with E-state index in [0.29, 0.717) is 18.3 Å². The molecule has 8 rings (SSSR count). The lowest BCUT2D eigenvalue weighted by Crippen LogP contribution is -2.71. The number of hydrogen-bond donors (Lipinski definition) is 4. The van der Waals surface area contributed by atoms with Crippen molar-refractivity contribution >= 4 is 5.97 Å². The summed E-state index contributed by atoms with van der Waals surface area (Å²) in [6, 6.07) is 0. The molecule has 0 aromatic carbocycles. The summed E-state index contributed by atoms with van der Waals surface area (Å²) in [5, 5.41) is 42.9. The molecule has 13 atom stereocenters. The van der Waals surface area contributed by atoms with Crippen LogP contribution in [0.2, 0.25) is 0 Å². The van der Waals surface area contributed by atoms with Crippen LogP contribution in [0.3, 0.4) is 0 Å². The zero-order valence-electron chi connectivity index (χ0n) is 27.0. The first kappa shape index (κ1) is 30.4. The van der Waals surface area contributed by atoms with Gasteiger partial charge in [-0.1, -0.05) is 46.8 Å². The van der Waals surface area contributed by atoms with Crippen LogP contribution in [0.25, 0.3) is 0 Å². The van der Waals surface area contributed by atoms with Crippen LogP contribution in [0.5, 0.6) is 0 Å². The topological polar surface area (TPSA) is 126 Å². The summed E-state index contributed by atoms with van der Waals surface area (Å²) in [7, 11) is 0. The second-order valence-corrected chi connectivity index (χ2v) is 17.0. The second kappa shape index (κ2) is 8.95. The highest BCUT2D eigenvalue weighted by molar-refractivity contribution is 5.86. The number of aliphatic hydroxyl groups is 4. The molecule has 0 aromatic heterocycles. The van der Waals surface area contributed by atoms with Crippen molar-refractivity contribution in [1.29, 1.82) is 0 Å². The Kier molecular flexibility index (Phi) is 6.32. The Morgan fingerprint density at radius 3 is 2.28 bits per heavy atom. The minimum absolute atomic E-state index is 0.00193. The number of esters is 1. The number of rotatable bonds is 2. The van der Waals surface area contributed by atoms with Crippen LogP contribution in [0.15, 0.2) is 23.3 Å². The highest BCUT2D eigenvalue weighted by Gasteiger charge is 2.73. The van der Waals surface area contributed by atoms with E-state index in [9.17, 15) is 25.2 Å². The van der Waals surface area contributed by atoms with Crippen LogP contribution in [0.1, 0.15) is 99.8 Å². The van der Waals surface area contributed by atoms with Gasteiger partial charge in [-0.3, -0.25) is 4.79 Å². The second-order valence-electron chi connectivity index (χ2n) is 17.0. The number of fused-ring (bicyclic) bond motifs is 7. The maximum absolute atomic E-state index is 13.5. The molecule has 3 saturated carbocycles. The van der Waals surface area contributed by atoms with Crippen molar-refractivity contribution < 1.29 is 39.4 Å². The van der Waals surface area contributed by atoms with E-state index in [1.807, 2.05) is 13.8 Å². The van der Waals surface area contributed by atoms with Crippen molar-refractivity contribution in [3.8, 4) is 0 Å². The third-order valence-corrected chi connectivity index (χ3v) is 14.9. The average Bonchev–Trinajstić information content (AvgIpc) is 2.92. The lowest BCUT2D eigenvalue weighted by molar-refractivity contribution is -0.306. The maximum atomic E-state index is 13.5. The largest absolute Gasteiger partial charge is 0.455 e. The highest BCUT2D eigenvalue weighted by Crippen LogP contribution is 2.75. The van der Waals surface area contributed by atoms with E-state index in [1.54, 1.807) is 0 Å². The number of aliphatic hydroxyl groups excluding tert-OH is 3. The molecule has 2 bridgehead atoms. The molecule has 1 spiro atoms. The van der Waals surface area contributed by atoms with Crippen molar-refractivity contribution in [2.45, 2.75) is 142 Å². The Morgan fingerprint density at radius 2 is 1.58 bits per heavy atom. The smallest absolute Gasteiger partial charge is 0.317 e. The summed E-state index contributed by atoms with van der Waals surface area (Å²) in [6.07, 6.45) is 6.73. The van der Waals surface area contributed by atoms with Crippen molar-refractivity contribution in [2.24, 2.45) is 38.9 Å². The average molecular weight is 601 g/mol. The van der Waals surface area contributed by atoms with Crippen LogP contribution in [-0.4, -0.2) is 74.9 Å². The third kappa shape index (κ3) is 3.52.